The van der Waals surface area contributed by atoms with E-state index in [2.05, 4.69) is 4.98 Å². The predicted octanol–water partition coefficient (Wildman–Crippen LogP) is 4.37. The van der Waals surface area contributed by atoms with E-state index >= 15 is 0 Å². The Kier molecular flexibility index (Phi) is 3.37. The van der Waals surface area contributed by atoms with Gasteiger partial charge >= 0.3 is 6.18 Å². The molecule has 0 unspecified atom stereocenters. The summed E-state index contributed by atoms with van der Waals surface area (Å²) in [5, 5.41) is 0. The summed E-state index contributed by atoms with van der Waals surface area (Å²) in [5.74, 6) is 0. The molecule has 0 bridgehead atoms. The van der Waals surface area contributed by atoms with Crippen LogP contribution in [0, 0.1) is 3.57 Å². The van der Waals surface area contributed by atoms with E-state index in [1.807, 2.05) is 22.6 Å². The van der Waals surface area contributed by atoms with Crippen molar-refractivity contribution in [2.45, 2.75) is 6.18 Å². The number of aromatic nitrogens is 1. The molecule has 1 aromatic carbocycles. The van der Waals surface area contributed by atoms with Gasteiger partial charge in [-0.05, 0) is 40.3 Å². The molecule has 0 amide bonds. The highest BCUT2D eigenvalue weighted by atomic mass is 127. The third-order valence-corrected chi connectivity index (χ3v) is 3.23. The second-order valence-electron chi connectivity index (χ2n) is 3.40. The number of benzene rings is 1. The van der Waals surface area contributed by atoms with Gasteiger partial charge < -0.3 is 0 Å². The number of hydrogen-bond donors (Lipinski definition) is 0. The van der Waals surface area contributed by atoms with Gasteiger partial charge in [0, 0.05) is 21.5 Å². The average Bonchev–Trinajstić information content (AvgIpc) is 2.28. The number of rotatable bonds is 1. The quantitative estimate of drug-likeness (QED) is 0.697. The molecule has 1 heterocycles. The van der Waals surface area contributed by atoms with E-state index in [4.69, 9.17) is 0 Å². The van der Waals surface area contributed by atoms with Crippen LogP contribution in [-0.2, 0) is 6.18 Å². The summed E-state index contributed by atoms with van der Waals surface area (Å²) in [7, 11) is 0. The fourth-order valence-corrected chi connectivity index (χ4v) is 2.13. The Labute approximate surface area is 110 Å². The third-order valence-electron chi connectivity index (χ3n) is 2.29. The van der Waals surface area contributed by atoms with E-state index in [0.717, 1.165) is 9.64 Å². The van der Waals surface area contributed by atoms with E-state index in [1.165, 1.54) is 18.3 Å². The summed E-state index contributed by atoms with van der Waals surface area (Å²) >= 11 is 2.00. The lowest BCUT2D eigenvalue weighted by Crippen LogP contribution is -2.07. The molecule has 1 nitrogen and oxygen atoms in total. The second-order valence-corrected chi connectivity index (χ2v) is 4.56. The van der Waals surface area contributed by atoms with Crippen molar-refractivity contribution < 1.29 is 13.2 Å². The second kappa shape index (κ2) is 4.64. The summed E-state index contributed by atoms with van der Waals surface area (Å²) < 4.78 is 39.3. The minimum absolute atomic E-state index is 0.164. The largest absolute Gasteiger partial charge is 0.417 e. The average molecular weight is 349 g/mol. The zero-order chi connectivity index (χ0) is 12.5. The first kappa shape index (κ1) is 12.3. The maximum Gasteiger partial charge on any atom is 0.417 e. The molecule has 0 saturated heterocycles. The Bertz CT molecular complexity index is 537. The van der Waals surface area contributed by atoms with Gasteiger partial charge in [-0.2, -0.15) is 13.2 Å². The van der Waals surface area contributed by atoms with E-state index < -0.39 is 11.7 Å². The molecular formula is C12H7F3IN. The molecule has 0 aliphatic rings. The van der Waals surface area contributed by atoms with Gasteiger partial charge in [0.25, 0.3) is 0 Å². The van der Waals surface area contributed by atoms with Gasteiger partial charge in [0.15, 0.2) is 0 Å². The van der Waals surface area contributed by atoms with E-state index in [0.29, 0.717) is 5.56 Å². The van der Waals surface area contributed by atoms with Gasteiger partial charge in [-0.3, -0.25) is 4.98 Å². The molecule has 5 heteroatoms. The Hall–Kier alpha value is -1.11. The molecule has 17 heavy (non-hydrogen) atoms. The van der Waals surface area contributed by atoms with Crippen LogP contribution in [0.5, 0.6) is 0 Å². The van der Waals surface area contributed by atoms with Crippen molar-refractivity contribution >= 4 is 22.6 Å². The van der Waals surface area contributed by atoms with Crippen LogP contribution in [0.2, 0.25) is 0 Å². The minimum Gasteiger partial charge on any atom is -0.264 e. The molecule has 2 rings (SSSR count). The standard InChI is InChI=1S/C12H7F3IN/c13-12(14,15)10-4-2-1-3-8(10)9-7-17-6-5-11(9)16/h1-7H. The Morgan fingerprint density at radius 3 is 2.35 bits per heavy atom. The lowest BCUT2D eigenvalue weighted by Gasteiger charge is -2.13. The summed E-state index contributed by atoms with van der Waals surface area (Å²) in [4.78, 5) is 3.87. The molecule has 0 spiro atoms. The van der Waals surface area contributed by atoms with Crippen LogP contribution in [0.3, 0.4) is 0 Å². The maximum absolute atomic E-state index is 12.8. The number of hydrogen-bond acceptors (Lipinski definition) is 1. The van der Waals surface area contributed by atoms with Crippen LogP contribution in [-0.4, -0.2) is 4.98 Å². The van der Waals surface area contributed by atoms with Gasteiger partial charge in [0.2, 0.25) is 0 Å². The molecule has 0 saturated carbocycles. The first-order valence-electron chi connectivity index (χ1n) is 4.76. The first-order chi connectivity index (χ1) is 8.00. The molecule has 2 aromatic rings. The smallest absolute Gasteiger partial charge is 0.264 e. The van der Waals surface area contributed by atoms with Crippen LogP contribution in [0.1, 0.15) is 5.56 Å². The van der Waals surface area contributed by atoms with Crippen LogP contribution in [0.25, 0.3) is 11.1 Å². The minimum atomic E-state index is -4.35. The predicted molar refractivity (Wildman–Crippen MR) is 67.4 cm³/mol. The van der Waals surface area contributed by atoms with Crippen molar-refractivity contribution in [3.63, 3.8) is 0 Å². The van der Waals surface area contributed by atoms with Crippen LogP contribution in [0.15, 0.2) is 42.7 Å². The molecule has 1 aromatic heterocycles. The van der Waals surface area contributed by atoms with E-state index in [1.54, 1.807) is 18.3 Å². The number of nitrogens with zero attached hydrogens (tertiary/aromatic N) is 1. The summed E-state index contributed by atoms with van der Waals surface area (Å²) in [6, 6.07) is 7.20. The third kappa shape index (κ3) is 2.59. The summed E-state index contributed by atoms with van der Waals surface area (Å²) in [6.07, 6.45) is -1.34. The van der Waals surface area contributed by atoms with Gasteiger partial charge in [0.1, 0.15) is 0 Å². The van der Waals surface area contributed by atoms with Crippen molar-refractivity contribution in [2.24, 2.45) is 0 Å². The molecule has 88 valence electrons. The highest BCUT2D eigenvalue weighted by Crippen LogP contribution is 2.37. The molecular weight excluding hydrogens is 342 g/mol. The lowest BCUT2D eigenvalue weighted by atomic mass is 10.0. The SMILES string of the molecule is FC(F)(F)c1ccccc1-c1cnccc1I. The van der Waals surface area contributed by atoms with E-state index in [-0.39, 0.29) is 5.56 Å². The zero-order valence-corrected chi connectivity index (χ0v) is 10.7. The van der Waals surface area contributed by atoms with Crippen molar-refractivity contribution in [3.8, 4) is 11.1 Å². The zero-order valence-electron chi connectivity index (χ0n) is 8.50. The lowest BCUT2D eigenvalue weighted by molar-refractivity contribution is -0.137. The molecule has 0 atom stereocenters. The van der Waals surface area contributed by atoms with Crippen molar-refractivity contribution in [1.82, 2.24) is 4.98 Å². The highest BCUT2D eigenvalue weighted by molar-refractivity contribution is 14.1. The fraction of sp³-hybridized carbons (Fsp3) is 0.0833. The summed E-state index contributed by atoms with van der Waals surface area (Å²) in [6.45, 7) is 0. The normalized spacial score (nSPS) is 11.5. The van der Waals surface area contributed by atoms with Crippen molar-refractivity contribution in [3.05, 3.63) is 51.9 Å². The highest BCUT2D eigenvalue weighted by Gasteiger charge is 2.33. The molecule has 0 aliphatic heterocycles. The molecule has 0 fully saturated rings. The van der Waals surface area contributed by atoms with E-state index in [9.17, 15) is 13.2 Å². The van der Waals surface area contributed by atoms with Gasteiger partial charge in [0.05, 0.1) is 5.56 Å². The van der Waals surface area contributed by atoms with Gasteiger partial charge in [-0.1, -0.05) is 18.2 Å². The Morgan fingerprint density at radius 2 is 1.71 bits per heavy atom. The van der Waals surface area contributed by atoms with Crippen molar-refractivity contribution in [1.29, 1.82) is 0 Å². The number of halogens is 4. The Morgan fingerprint density at radius 1 is 1.00 bits per heavy atom. The number of alkyl halides is 3. The van der Waals surface area contributed by atoms with Gasteiger partial charge in [-0.25, -0.2) is 0 Å². The molecule has 0 N–H and O–H groups in total. The maximum atomic E-state index is 12.8. The summed E-state index contributed by atoms with van der Waals surface area (Å²) in [5.41, 5.74) is 0.0319. The van der Waals surface area contributed by atoms with Gasteiger partial charge in [-0.15, -0.1) is 0 Å². The van der Waals surface area contributed by atoms with Crippen LogP contribution in [0.4, 0.5) is 13.2 Å². The molecule has 0 aliphatic carbocycles. The monoisotopic (exact) mass is 349 g/mol. The fourth-order valence-electron chi connectivity index (χ4n) is 1.54. The van der Waals surface area contributed by atoms with Crippen LogP contribution < -0.4 is 0 Å². The number of pyridine rings is 1. The van der Waals surface area contributed by atoms with Crippen molar-refractivity contribution in [2.75, 3.05) is 0 Å². The first-order valence-corrected chi connectivity index (χ1v) is 5.84. The Balaban J connectivity index is 2.65. The topological polar surface area (TPSA) is 12.9 Å². The van der Waals surface area contributed by atoms with Crippen LogP contribution >= 0.6 is 22.6 Å². The molecule has 0 radical (unpaired) electrons.